The molecule has 41 heavy (non-hydrogen) atoms. The van der Waals surface area contributed by atoms with Gasteiger partial charge >= 0.3 is 6.01 Å². The molecule has 2 aromatic heterocycles. The van der Waals surface area contributed by atoms with Crippen LogP contribution in [0.15, 0.2) is 83.0 Å². The Morgan fingerprint density at radius 3 is 2.37 bits per heavy atom. The van der Waals surface area contributed by atoms with Crippen molar-refractivity contribution in [1.29, 1.82) is 5.26 Å². The number of thioether (sulfide) groups is 1. The van der Waals surface area contributed by atoms with Gasteiger partial charge in [0.15, 0.2) is 5.82 Å². The summed E-state index contributed by atoms with van der Waals surface area (Å²) in [4.78, 5) is 23.9. The Morgan fingerprint density at radius 1 is 0.902 bits per heavy atom. The lowest BCUT2D eigenvalue weighted by Crippen LogP contribution is -2.45. The van der Waals surface area contributed by atoms with E-state index in [2.05, 4.69) is 72.3 Å². The van der Waals surface area contributed by atoms with E-state index in [1.807, 2.05) is 24.3 Å². The molecule has 1 N–H and O–H groups in total. The van der Waals surface area contributed by atoms with Crippen LogP contribution in [0.25, 0.3) is 17.0 Å². The van der Waals surface area contributed by atoms with E-state index in [0.29, 0.717) is 34.4 Å². The average molecular weight is 563 g/mol. The van der Waals surface area contributed by atoms with Gasteiger partial charge in [-0.25, -0.2) is 15.0 Å². The Hall–Kier alpha value is -4.30. The van der Waals surface area contributed by atoms with Crippen molar-refractivity contribution in [1.82, 2.24) is 29.7 Å². The Kier molecular flexibility index (Phi) is 8.18. The van der Waals surface area contributed by atoms with Crippen LogP contribution in [0.3, 0.4) is 0 Å². The summed E-state index contributed by atoms with van der Waals surface area (Å²) in [5.74, 6) is 0.334. The number of allylic oxidation sites excluding steroid dienone is 1. The van der Waals surface area contributed by atoms with Gasteiger partial charge in [-0.3, -0.25) is 4.90 Å². The number of piperazine rings is 1. The highest BCUT2D eigenvalue weighted by Crippen LogP contribution is 2.43. The Labute approximate surface area is 243 Å². The second-order valence-electron chi connectivity index (χ2n) is 9.84. The molecule has 2 aliphatic heterocycles. The second-order valence-corrected chi connectivity index (χ2v) is 10.9. The number of hydrogen-bond donors (Lipinski definition) is 1. The number of nitrogens with one attached hydrogen (secondary N) is 1. The molecule has 2 aliphatic rings. The van der Waals surface area contributed by atoms with E-state index in [1.165, 1.54) is 17.3 Å². The predicted molar refractivity (Wildman–Crippen MR) is 160 cm³/mol. The Balaban J connectivity index is 1.10. The van der Waals surface area contributed by atoms with Crippen molar-refractivity contribution >= 4 is 23.0 Å². The van der Waals surface area contributed by atoms with E-state index in [0.717, 1.165) is 55.4 Å². The molecule has 4 aromatic rings. The summed E-state index contributed by atoms with van der Waals surface area (Å²) in [6.45, 7) is 9.18. The fourth-order valence-corrected chi connectivity index (χ4v) is 5.81. The van der Waals surface area contributed by atoms with Crippen molar-refractivity contribution in [3.8, 4) is 23.5 Å². The Bertz CT molecular complexity index is 1570. The van der Waals surface area contributed by atoms with Gasteiger partial charge in [-0.15, -0.1) is 0 Å². The third-order valence-corrected chi connectivity index (χ3v) is 8.26. The smallest absolute Gasteiger partial charge is 0.317 e. The molecule has 0 unspecified atom stereocenters. The van der Waals surface area contributed by atoms with E-state index in [9.17, 15) is 5.26 Å². The van der Waals surface area contributed by atoms with Crippen molar-refractivity contribution in [3.63, 3.8) is 0 Å². The molecule has 0 atom stereocenters. The molecule has 6 rings (SSSR count). The summed E-state index contributed by atoms with van der Waals surface area (Å²) >= 11 is 1.50. The predicted octanol–water partition coefficient (Wildman–Crippen LogP) is 5.06. The number of nitrogens with zero attached hydrogens (tertiary/aromatic N) is 7. The van der Waals surface area contributed by atoms with E-state index in [1.54, 1.807) is 24.5 Å². The number of hydrogen-bond acceptors (Lipinski definition) is 10. The first kappa shape index (κ1) is 26.9. The number of fused-ring (bicyclic) bond motifs is 1. The van der Waals surface area contributed by atoms with Gasteiger partial charge in [-0.05, 0) is 41.9 Å². The second kappa shape index (κ2) is 12.5. The van der Waals surface area contributed by atoms with Crippen molar-refractivity contribution in [2.75, 3.05) is 38.0 Å². The summed E-state index contributed by atoms with van der Waals surface area (Å²) < 4.78 is 5.93. The molecule has 0 spiro atoms. The topological polar surface area (TPSA) is 103 Å². The molecule has 0 aliphatic carbocycles. The van der Waals surface area contributed by atoms with Crippen LogP contribution in [0, 0.1) is 11.3 Å². The number of aromatic nitrogens is 4. The van der Waals surface area contributed by atoms with Crippen LogP contribution < -0.4 is 10.1 Å². The molecular formula is C31H30N8OS. The van der Waals surface area contributed by atoms with Gasteiger partial charge in [0.25, 0.3) is 0 Å². The summed E-state index contributed by atoms with van der Waals surface area (Å²) in [7, 11) is 0. The first-order valence-electron chi connectivity index (χ1n) is 13.7. The van der Waals surface area contributed by atoms with Crippen LogP contribution in [-0.4, -0.2) is 62.5 Å². The molecule has 10 heteroatoms. The Morgan fingerprint density at radius 2 is 1.61 bits per heavy atom. The number of rotatable bonds is 8. The maximum atomic E-state index is 9.93. The molecule has 0 bridgehead atoms. The van der Waals surface area contributed by atoms with E-state index >= 15 is 0 Å². The standard InChI is InChI=1S/C31H30N8OS/c1-2-38-15-17-39(18-16-38)20-22-7-9-23(10-8-22)21-40-31-34-14-12-26(37-31)25-11-13-33-29(35-25)24(19-32)30-36-27-5-3-4-6-28(27)41-30/h3-14,36H,2,15-18,20-21H2,1H3. The lowest BCUT2D eigenvalue weighted by Gasteiger charge is -2.34. The quantitative estimate of drug-likeness (QED) is 0.293. The number of likely N-dealkylation sites (N-methyl/N-ethyl adjacent to an activating group) is 1. The van der Waals surface area contributed by atoms with Gasteiger partial charge in [0.05, 0.1) is 22.1 Å². The highest BCUT2D eigenvalue weighted by molar-refractivity contribution is 8.04. The first-order chi connectivity index (χ1) is 20.2. The molecule has 0 amide bonds. The number of anilines is 1. The van der Waals surface area contributed by atoms with Crippen LogP contribution in [0.2, 0.25) is 0 Å². The largest absolute Gasteiger partial charge is 0.459 e. The van der Waals surface area contributed by atoms with E-state index < -0.39 is 0 Å². The van der Waals surface area contributed by atoms with Crippen LogP contribution in [-0.2, 0) is 13.2 Å². The van der Waals surface area contributed by atoms with Crippen LogP contribution in [0.4, 0.5) is 5.69 Å². The normalized spacial score (nSPS) is 16.5. The van der Waals surface area contributed by atoms with Crippen molar-refractivity contribution in [2.24, 2.45) is 0 Å². The number of para-hydroxylation sites is 1. The van der Waals surface area contributed by atoms with Crippen molar-refractivity contribution in [3.05, 3.63) is 95.0 Å². The lowest BCUT2D eigenvalue weighted by atomic mass is 10.1. The monoisotopic (exact) mass is 562 g/mol. The molecule has 2 aromatic carbocycles. The molecule has 9 nitrogen and oxygen atoms in total. The van der Waals surface area contributed by atoms with Gasteiger partial charge in [-0.1, -0.05) is 55.1 Å². The number of benzene rings is 2. The summed E-state index contributed by atoms with van der Waals surface area (Å²) in [5.41, 5.74) is 4.88. The lowest BCUT2D eigenvalue weighted by molar-refractivity contribution is 0.132. The fourth-order valence-electron chi connectivity index (χ4n) is 4.82. The SMILES string of the molecule is CCN1CCN(Cc2ccc(COc3nccc(-c4ccnc(C(C#N)=C5Nc6ccccc6S5)n4)n3)cc2)CC1. The van der Waals surface area contributed by atoms with Crippen LogP contribution in [0.1, 0.15) is 23.9 Å². The third-order valence-electron chi connectivity index (χ3n) is 7.17. The van der Waals surface area contributed by atoms with Crippen LogP contribution in [0.5, 0.6) is 6.01 Å². The average Bonchev–Trinajstić information content (AvgIpc) is 3.46. The number of ether oxygens (including phenoxy) is 1. The molecule has 206 valence electrons. The van der Waals surface area contributed by atoms with Crippen molar-refractivity contribution in [2.45, 2.75) is 25.0 Å². The van der Waals surface area contributed by atoms with Gasteiger partial charge in [0.2, 0.25) is 0 Å². The van der Waals surface area contributed by atoms with E-state index in [4.69, 9.17) is 4.74 Å². The maximum absolute atomic E-state index is 9.93. The molecule has 1 saturated heterocycles. The van der Waals surface area contributed by atoms with Gasteiger partial charge in [0, 0.05) is 50.0 Å². The molecule has 0 saturated carbocycles. The van der Waals surface area contributed by atoms with Gasteiger partial charge in [-0.2, -0.15) is 10.2 Å². The van der Waals surface area contributed by atoms with E-state index in [-0.39, 0.29) is 6.01 Å². The highest BCUT2D eigenvalue weighted by Gasteiger charge is 2.22. The zero-order valence-corrected chi connectivity index (χ0v) is 23.6. The third kappa shape index (κ3) is 6.38. The zero-order chi connectivity index (χ0) is 28.0. The zero-order valence-electron chi connectivity index (χ0n) is 22.8. The van der Waals surface area contributed by atoms with Gasteiger partial charge in [0.1, 0.15) is 18.2 Å². The minimum Gasteiger partial charge on any atom is -0.459 e. The minimum absolute atomic E-state index is 0.267. The summed E-state index contributed by atoms with van der Waals surface area (Å²) in [6, 6.07) is 22.5. The molecule has 4 heterocycles. The fraction of sp³-hybridized carbons (Fsp3) is 0.258. The summed E-state index contributed by atoms with van der Waals surface area (Å²) in [5, 5.41) is 13.9. The summed E-state index contributed by atoms with van der Waals surface area (Å²) in [6.07, 6.45) is 3.28. The first-order valence-corrected chi connectivity index (χ1v) is 14.5. The number of nitriles is 1. The maximum Gasteiger partial charge on any atom is 0.317 e. The molecular weight excluding hydrogens is 532 g/mol. The highest BCUT2D eigenvalue weighted by atomic mass is 32.2. The van der Waals surface area contributed by atoms with Crippen LogP contribution >= 0.6 is 11.8 Å². The molecule has 0 radical (unpaired) electrons. The van der Waals surface area contributed by atoms with Gasteiger partial charge < -0.3 is 15.0 Å². The van der Waals surface area contributed by atoms with Crippen molar-refractivity contribution < 1.29 is 4.74 Å². The minimum atomic E-state index is 0.267. The molecule has 1 fully saturated rings.